The monoisotopic (exact) mass is 254 g/mol. The third-order valence-corrected chi connectivity index (χ3v) is 1.60. The summed E-state index contributed by atoms with van der Waals surface area (Å²) >= 11 is 9.03. The van der Waals surface area contributed by atoms with Crippen LogP contribution >= 0.6 is 12.2 Å². The molecular formula is C7H4FN2NaO2S2. The van der Waals surface area contributed by atoms with Crippen LogP contribution in [0.3, 0.4) is 0 Å². The van der Waals surface area contributed by atoms with E-state index in [1.807, 2.05) is 0 Å². The van der Waals surface area contributed by atoms with E-state index in [-0.39, 0.29) is 45.3 Å². The molecule has 0 saturated carbocycles. The molecule has 0 saturated heterocycles. The van der Waals surface area contributed by atoms with Crippen LogP contribution in [0.5, 0.6) is 0 Å². The Labute approximate surface area is 118 Å². The largest absolute Gasteiger partial charge is 1.00 e. The summed E-state index contributed by atoms with van der Waals surface area (Å²) in [7, 11) is 0. The fourth-order valence-corrected chi connectivity index (χ4v) is 1.05. The Kier molecular flexibility index (Phi) is 6.15. The van der Waals surface area contributed by atoms with E-state index in [4.69, 9.17) is 0 Å². The van der Waals surface area contributed by atoms with E-state index in [9.17, 15) is 14.5 Å². The average molecular weight is 254 g/mol. The molecule has 0 bridgehead atoms. The number of anilines is 1. The maximum absolute atomic E-state index is 13.0. The fraction of sp³-hybridized carbons (Fsp3) is 0. The number of nitro groups is 1. The Morgan fingerprint density at radius 2 is 2.20 bits per heavy atom. The van der Waals surface area contributed by atoms with Gasteiger partial charge in [-0.3, -0.25) is 10.1 Å². The molecule has 0 radical (unpaired) electrons. The van der Waals surface area contributed by atoms with Crippen LogP contribution in [0.1, 0.15) is 0 Å². The summed E-state index contributed by atoms with van der Waals surface area (Å²) < 4.78 is 12.9. The Morgan fingerprint density at radius 3 is 2.67 bits per heavy atom. The van der Waals surface area contributed by atoms with Crippen molar-refractivity contribution in [3.8, 4) is 0 Å². The first-order chi connectivity index (χ1) is 6.50. The number of rotatable bonds is 2. The molecule has 0 aliphatic carbocycles. The molecule has 1 N–H and O–H groups in total. The predicted octanol–water partition coefficient (Wildman–Crippen LogP) is -1.02. The van der Waals surface area contributed by atoms with Crippen LogP contribution in [-0.4, -0.2) is 9.24 Å². The van der Waals surface area contributed by atoms with Gasteiger partial charge in [0.25, 0.3) is 5.69 Å². The van der Waals surface area contributed by atoms with Gasteiger partial charge in [-0.2, -0.15) is 0 Å². The Hall–Kier alpha value is -0.340. The number of non-ortho nitro benzene ring substituents is 1. The smallest absolute Gasteiger partial charge is 0.411 e. The topological polar surface area (TPSA) is 55.2 Å². The standard InChI is InChI=1S/C7H5FN2O2S2.Na/c8-5-2-1-4(10(11)12)3-6(5)9-7(13)14;/h1-3H,(H2,9,13,14);/q;+1/p-1. The van der Waals surface area contributed by atoms with Crippen LogP contribution in [0.15, 0.2) is 18.2 Å². The number of thiocarbonyl (C=S) groups is 1. The summed E-state index contributed by atoms with van der Waals surface area (Å²) in [6.45, 7) is 0. The zero-order valence-corrected chi connectivity index (χ0v) is 11.3. The number of benzene rings is 1. The number of halogens is 1. The number of nitro benzene ring substituents is 1. The van der Waals surface area contributed by atoms with Gasteiger partial charge in [-0.05, 0) is 6.07 Å². The van der Waals surface area contributed by atoms with Crippen LogP contribution in [0.4, 0.5) is 15.8 Å². The van der Waals surface area contributed by atoms with E-state index in [0.717, 1.165) is 18.2 Å². The third-order valence-electron chi connectivity index (χ3n) is 1.40. The molecule has 1 rings (SSSR count). The van der Waals surface area contributed by atoms with Crippen molar-refractivity contribution >= 4 is 40.5 Å². The van der Waals surface area contributed by atoms with E-state index in [0.29, 0.717) is 0 Å². The first-order valence-electron chi connectivity index (χ1n) is 3.42. The molecule has 4 nitrogen and oxygen atoms in total. The minimum absolute atomic E-state index is 0. The molecular weight excluding hydrogens is 250 g/mol. The fourth-order valence-electron chi connectivity index (χ4n) is 0.833. The summed E-state index contributed by atoms with van der Waals surface area (Å²) in [6, 6.07) is 3.08. The number of nitrogens with one attached hydrogen (secondary N) is 1. The van der Waals surface area contributed by atoms with Gasteiger partial charge in [-0.1, -0.05) is 4.32 Å². The number of hydrogen-bond donors (Lipinski definition) is 1. The van der Waals surface area contributed by atoms with Gasteiger partial charge < -0.3 is 30.2 Å². The van der Waals surface area contributed by atoms with Gasteiger partial charge in [0.15, 0.2) is 0 Å². The molecule has 0 unspecified atom stereocenters. The molecule has 1 aromatic carbocycles. The maximum Gasteiger partial charge on any atom is 1.00 e. The van der Waals surface area contributed by atoms with Crippen molar-refractivity contribution in [2.24, 2.45) is 0 Å². The molecule has 0 heterocycles. The van der Waals surface area contributed by atoms with Crippen LogP contribution in [0.25, 0.3) is 0 Å². The number of hydrogen-bond acceptors (Lipinski definition) is 4. The summed E-state index contributed by atoms with van der Waals surface area (Å²) in [6.07, 6.45) is 0. The van der Waals surface area contributed by atoms with Crippen molar-refractivity contribution in [2.75, 3.05) is 5.32 Å². The van der Waals surface area contributed by atoms with Gasteiger partial charge in [0.05, 0.1) is 10.6 Å². The van der Waals surface area contributed by atoms with Crippen molar-refractivity contribution in [3.63, 3.8) is 0 Å². The van der Waals surface area contributed by atoms with Crippen LogP contribution in [0.2, 0.25) is 0 Å². The molecule has 0 aliphatic rings. The quantitative estimate of drug-likeness (QED) is 0.241. The van der Waals surface area contributed by atoms with Gasteiger partial charge in [-0.25, -0.2) is 4.39 Å². The Morgan fingerprint density at radius 1 is 1.60 bits per heavy atom. The minimum Gasteiger partial charge on any atom is -0.411 e. The Bertz CT molecular complexity index is 403. The van der Waals surface area contributed by atoms with Crippen LogP contribution < -0.4 is 34.9 Å². The second-order valence-electron chi connectivity index (χ2n) is 2.33. The van der Waals surface area contributed by atoms with E-state index >= 15 is 0 Å². The third kappa shape index (κ3) is 4.35. The first-order valence-corrected chi connectivity index (χ1v) is 4.24. The van der Waals surface area contributed by atoms with Crippen LogP contribution in [-0.2, 0) is 12.6 Å². The number of nitrogens with zero attached hydrogens (tertiary/aromatic N) is 1. The zero-order valence-electron chi connectivity index (χ0n) is 7.69. The molecule has 0 aliphatic heterocycles. The van der Waals surface area contributed by atoms with Gasteiger partial charge in [0.2, 0.25) is 0 Å². The van der Waals surface area contributed by atoms with E-state index in [1.165, 1.54) is 0 Å². The SMILES string of the molecule is O=[N+]([O-])c1ccc(F)c(NC(=S)[S-])c1.[Na+]. The van der Waals surface area contributed by atoms with E-state index in [1.54, 1.807) is 0 Å². The first kappa shape index (κ1) is 14.7. The van der Waals surface area contributed by atoms with Crippen molar-refractivity contribution < 1.29 is 38.9 Å². The van der Waals surface area contributed by atoms with Gasteiger partial charge in [-0.15, -0.1) is 0 Å². The molecule has 0 fully saturated rings. The molecule has 74 valence electrons. The van der Waals surface area contributed by atoms with E-state index < -0.39 is 10.7 Å². The van der Waals surface area contributed by atoms with Crippen molar-refractivity contribution in [1.29, 1.82) is 0 Å². The van der Waals surface area contributed by atoms with Gasteiger partial charge >= 0.3 is 29.6 Å². The molecule has 1 aromatic rings. The second-order valence-corrected chi connectivity index (χ2v) is 3.41. The molecule has 15 heavy (non-hydrogen) atoms. The normalized spacial score (nSPS) is 8.87. The minimum atomic E-state index is -0.636. The molecule has 0 atom stereocenters. The van der Waals surface area contributed by atoms with Crippen molar-refractivity contribution in [3.05, 3.63) is 34.1 Å². The molecule has 0 spiro atoms. The second kappa shape index (κ2) is 6.29. The van der Waals surface area contributed by atoms with Crippen molar-refractivity contribution in [1.82, 2.24) is 0 Å². The van der Waals surface area contributed by atoms with Crippen molar-refractivity contribution in [2.45, 2.75) is 0 Å². The van der Waals surface area contributed by atoms with E-state index in [2.05, 4.69) is 30.2 Å². The summed E-state index contributed by atoms with van der Waals surface area (Å²) in [4.78, 5) is 9.72. The van der Waals surface area contributed by atoms with Gasteiger partial charge in [0, 0.05) is 12.1 Å². The average Bonchev–Trinajstić information content (AvgIpc) is 2.07. The zero-order chi connectivity index (χ0) is 10.7. The van der Waals surface area contributed by atoms with Gasteiger partial charge in [0.1, 0.15) is 5.82 Å². The Balaban J connectivity index is 0.00000196. The predicted molar refractivity (Wildman–Crippen MR) is 56.6 cm³/mol. The maximum atomic E-state index is 13.0. The summed E-state index contributed by atoms with van der Waals surface area (Å²) in [5.41, 5.74) is -0.306. The molecule has 0 aromatic heterocycles. The summed E-state index contributed by atoms with van der Waals surface area (Å²) in [5, 5.41) is 12.7. The summed E-state index contributed by atoms with van der Waals surface area (Å²) in [5.74, 6) is -0.636. The van der Waals surface area contributed by atoms with Crippen LogP contribution in [0, 0.1) is 15.9 Å². The molecule has 8 heteroatoms. The molecule has 0 amide bonds.